The standard InChI is InChI=1S/C20H29NO5/c1-11-13-12(14(22)19(6,25)20(11)7-8-20)9-18(5,15(13)23)10-21-16(24)26-17(2,3)4/h9,15,23,25H,7-8,10H2,1-6H3,(H,21,24). The van der Waals surface area contributed by atoms with Crippen LogP contribution in [0.3, 0.4) is 0 Å². The van der Waals surface area contributed by atoms with E-state index < -0.39 is 34.2 Å². The number of carbonyl (C=O) groups is 2. The maximum absolute atomic E-state index is 12.9. The molecule has 3 N–H and O–H groups in total. The lowest BCUT2D eigenvalue weighted by Crippen LogP contribution is -2.50. The second kappa shape index (κ2) is 5.42. The molecule has 0 aliphatic heterocycles. The largest absolute Gasteiger partial charge is 0.444 e. The van der Waals surface area contributed by atoms with Crippen LogP contribution in [0, 0.1) is 10.8 Å². The molecule has 3 aliphatic rings. The van der Waals surface area contributed by atoms with Crippen molar-refractivity contribution in [3.63, 3.8) is 0 Å². The highest BCUT2D eigenvalue weighted by Gasteiger charge is 2.66. The second-order valence-corrected chi connectivity index (χ2v) is 9.34. The van der Waals surface area contributed by atoms with Crippen LogP contribution in [0.15, 0.2) is 22.8 Å². The third-order valence-corrected chi connectivity index (χ3v) is 6.17. The van der Waals surface area contributed by atoms with Crippen LogP contribution < -0.4 is 5.32 Å². The Balaban J connectivity index is 1.88. The van der Waals surface area contributed by atoms with Gasteiger partial charge in [-0.05, 0) is 53.0 Å². The van der Waals surface area contributed by atoms with Gasteiger partial charge in [0.2, 0.25) is 0 Å². The summed E-state index contributed by atoms with van der Waals surface area (Å²) < 4.78 is 5.24. The summed E-state index contributed by atoms with van der Waals surface area (Å²) in [5.74, 6) is -0.337. The Morgan fingerprint density at radius 3 is 2.42 bits per heavy atom. The third-order valence-electron chi connectivity index (χ3n) is 6.17. The zero-order valence-corrected chi connectivity index (χ0v) is 16.4. The molecule has 1 saturated carbocycles. The van der Waals surface area contributed by atoms with Crippen LogP contribution in [0.25, 0.3) is 0 Å². The Hall–Kier alpha value is -1.66. The monoisotopic (exact) mass is 363 g/mol. The van der Waals surface area contributed by atoms with Gasteiger partial charge in [-0.15, -0.1) is 0 Å². The number of ether oxygens (including phenoxy) is 1. The van der Waals surface area contributed by atoms with Crippen LogP contribution in [0.4, 0.5) is 4.79 Å². The number of fused-ring (bicyclic) bond motifs is 1. The Bertz CT molecular complexity index is 736. The molecule has 1 amide bonds. The maximum Gasteiger partial charge on any atom is 0.407 e. The molecule has 3 unspecified atom stereocenters. The molecule has 144 valence electrons. The fourth-order valence-corrected chi connectivity index (χ4v) is 4.37. The van der Waals surface area contributed by atoms with Gasteiger partial charge in [0, 0.05) is 22.9 Å². The molecule has 6 nitrogen and oxygen atoms in total. The minimum absolute atomic E-state index is 0.131. The van der Waals surface area contributed by atoms with Gasteiger partial charge in [-0.25, -0.2) is 4.79 Å². The smallest absolute Gasteiger partial charge is 0.407 e. The normalized spacial score (nSPS) is 35.3. The van der Waals surface area contributed by atoms with Crippen molar-refractivity contribution in [3.8, 4) is 0 Å². The van der Waals surface area contributed by atoms with E-state index in [2.05, 4.69) is 5.32 Å². The lowest BCUT2D eigenvalue weighted by molar-refractivity contribution is -0.138. The molecule has 0 heterocycles. The number of ketones is 1. The third kappa shape index (κ3) is 2.62. The van der Waals surface area contributed by atoms with Gasteiger partial charge in [-0.3, -0.25) is 4.79 Å². The van der Waals surface area contributed by atoms with Gasteiger partial charge in [0.25, 0.3) is 0 Å². The number of carbonyl (C=O) groups excluding carboxylic acids is 2. The molecule has 3 rings (SSSR count). The number of amides is 1. The summed E-state index contributed by atoms with van der Waals surface area (Å²) in [6.07, 6.45) is 1.70. The van der Waals surface area contributed by atoms with Crippen LogP contribution in [-0.4, -0.2) is 45.9 Å². The maximum atomic E-state index is 12.9. The van der Waals surface area contributed by atoms with E-state index in [-0.39, 0.29) is 12.3 Å². The van der Waals surface area contributed by atoms with Crippen molar-refractivity contribution < 1.29 is 24.5 Å². The lowest BCUT2D eigenvalue weighted by atomic mass is 9.67. The summed E-state index contributed by atoms with van der Waals surface area (Å²) in [6.45, 7) is 10.7. The van der Waals surface area contributed by atoms with Gasteiger partial charge in [0.05, 0.1) is 6.10 Å². The average molecular weight is 363 g/mol. The first kappa shape index (κ1) is 19.1. The fraction of sp³-hybridized carbons (Fsp3) is 0.700. The van der Waals surface area contributed by atoms with Crippen molar-refractivity contribution in [1.82, 2.24) is 5.32 Å². The molecule has 0 aromatic carbocycles. The van der Waals surface area contributed by atoms with Crippen LogP contribution in [-0.2, 0) is 9.53 Å². The van der Waals surface area contributed by atoms with Gasteiger partial charge < -0.3 is 20.3 Å². The molecule has 0 radical (unpaired) electrons. The van der Waals surface area contributed by atoms with E-state index in [4.69, 9.17) is 4.74 Å². The average Bonchev–Trinajstić information content (AvgIpc) is 3.26. The fourth-order valence-electron chi connectivity index (χ4n) is 4.37. The van der Waals surface area contributed by atoms with E-state index >= 15 is 0 Å². The Morgan fingerprint density at radius 2 is 1.92 bits per heavy atom. The van der Waals surface area contributed by atoms with E-state index in [1.165, 1.54) is 0 Å². The zero-order chi connectivity index (χ0) is 19.7. The van der Waals surface area contributed by atoms with Crippen LogP contribution in [0.1, 0.15) is 54.4 Å². The number of alkyl carbamates (subject to hydrolysis) is 1. The SMILES string of the molecule is CC1=C2C(=CC(C)(CNC(=O)OC(C)(C)C)C2O)C(=O)C(C)(O)C12CC2. The predicted octanol–water partition coefficient (Wildman–Crippen LogP) is 2.25. The molecule has 26 heavy (non-hydrogen) atoms. The Morgan fingerprint density at radius 1 is 1.35 bits per heavy atom. The molecule has 0 aromatic rings. The van der Waals surface area contributed by atoms with Crippen molar-refractivity contribution in [1.29, 1.82) is 0 Å². The first-order valence-corrected chi connectivity index (χ1v) is 9.12. The molecule has 1 spiro atoms. The second-order valence-electron chi connectivity index (χ2n) is 9.34. The van der Waals surface area contributed by atoms with Gasteiger partial charge in [-0.1, -0.05) is 18.6 Å². The van der Waals surface area contributed by atoms with Gasteiger partial charge in [0.15, 0.2) is 5.78 Å². The first-order chi connectivity index (χ1) is 11.8. The minimum Gasteiger partial charge on any atom is -0.444 e. The number of Topliss-reactive ketones (excluding diaryl/α,β-unsaturated/α-hetero) is 1. The highest BCUT2D eigenvalue weighted by molar-refractivity contribution is 6.09. The molecule has 0 bridgehead atoms. The summed E-state index contributed by atoms with van der Waals surface area (Å²) in [4.78, 5) is 24.9. The molecule has 3 aliphatic carbocycles. The molecule has 6 heteroatoms. The summed E-state index contributed by atoms with van der Waals surface area (Å²) in [5.41, 5.74) is -1.56. The number of rotatable bonds is 2. The first-order valence-electron chi connectivity index (χ1n) is 9.12. The molecule has 0 aromatic heterocycles. The molecule has 3 atom stereocenters. The summed E-state index contributed by atoms with van der Waals surface area (Å²) in [5, 5.41) is 24.5. The zero-order valence-electron chi connectivity index (χ0n) is 16.4. The van der Waals surface area contributed by atoms with E-state index in [1.807, 2.05) is 6.92 Å². The number of aliphatic hydroxyl groups is 2. The Kier molecular flexibility index (Phi) is 3.99. The summed E-state index contributed by atoms with van der Waals surface area (Å²) in [6, 6.07) is 0. The summed E-state index contributed by atoms with van der Waals surface area (Å²) >= 11 is 0. The van der Waals surface area contributed by atoms with E-state index in [1.54, 1.807) is 40.7 Å². The summed E-state index contributed by atoms with van der Waals surface area (Å²) in [7, 11) is 0. The van der Waals surface area contributed by atoms with Crippen LogP contribution in [0.2, 0.25) is 0 Å². The van der Waals surface area contributed by atoms with Gasteiger partial charge >= 0.3 is 6.09 Å². The van der Waals surface area contributed by atoms with Crippen LogP contribution in [0.5, 0.6) is 0 Å². The van der Waals surface area contributed by atoms with Crippen molar-refractivity contribution in [3.05, 3.63) is 22.8 Å². The number of aliphatic hydroxyl groups excluding tert-OH is 1. The quantitative estimate of drug-likeness (QED) is 0.699. The molecule has 1 fully saturated rings. The van der Waals surface area contributed by atoms with Crippen molar-refractivity contribution in [2.45, 2.75) is 71.7 Å². The number of hydrogen-bond acceptors (Lipinski definition) is 5. The number of hydrogen-bond donors (Lipinski definition) is 3. The van der Waals surface area contributed by atoms with Crippen LogP contribution >= 0.6 is 0 Å². The van der Waals surface area contributed by atoms with Crippen molar-refractivity contribution in [2.24, 2.45) is 10.8 Å². The van der Waals surface area contributed by atoms with E-state index in [9.17, 15) is 19.8 Å². The van der Waals surface area contributed by atoms with E-state index in [0.717, 1.165) is 18.4 Å². The van der Waals surface area contributed by atoms with Gasteiger partial charge in [0.1, 0.15) is 11.2 Å². The van der Waals surface area contributed by atoms with Crippen molar-refractivity contribution in [2.75, 3.05) is 6.54 Å². The Labute approximate surface area is 154 Å². The van der Waals surface area contributed by atoms with Gasteiger partial charge in [-0.2, -0.15) is 0 Å². The lowest BCUT2D eigenvalue weighted by Gasteiger charge is -2.39. The molecular formula is C20H29NO5. The number of nitrogens with one attached hydrogen (secondary N) is 1. The highest BCUT2D eigenvalue weighted by Crippen LogP contribution is 2.65. The van der Waals surface area contributed by atoms with E-state index in [0.29, 0.717) is 11.1 Å². The topological polar surface area (TPSA) is 95.9 Å². The van der Waals surface area contributed by atoms with Crippen molar-refractivity contribution >= 4 is 11.9 Å². The minimum atomic E-state index is -1.45. The molecular weight excluding hydrogens is 334 g/mol. The predicted molar refractivity (Wildman–Crippen MR) is 96.4 cm³/mol. The highest BCUT2D eigenvalue weighted by atomic mass is 16.6. The molecule has 0 saturated heterocycles.